The van der Waals surface area contributed by atoms with Crippen molar-refractivity contribution in [3.05, 3.63) is 0 Å². The van der Waals surface area contributed by atoms with Crippen LogP contribution in [0.1, 0.15) is 46.5 Å². The zero-order valence-electron chi connectivity index (χ0n) is 10.4. The fourth-order valence-electron chi connectivity index (χ4n) is 2.79. The predicted molar refractivity (Wildman–Crippen MR) is 63.3 cm³/mol. The van der Waals surface area contributed by atoms with E-state index in [-0.39, 0.29) is 0 Å². The maximum Gasteiger partial charge on any atom is 0.0635 e. The Morgan fingerprint density at radius 1 is 1.47 bits per heavy atom. The minimum absolute atomic E-state index is 0.306. The number of nitrogens with one attached hydrogen (secondary N) is 1. The maximum atomic E-state index is 5.64. The molecule has 2 unspecified atom stereocenters. The Hall–Kier alpha value is -0.120. The van der Waals surface area contributed by atoms with Gasteiger partial charge in [0.05, 0.1) is 6.61 Å². The fourth-order valence-corrected chi connectivity index (χ4v) is 2.79. The van der Waals surface area contributed by atoms with Crippen LogP contribution >= 0.6 is 0 Å². The summed E-state index contributed by atoms with van der Waals surface area (Å²) >= 11 is 0. The monoisotopic (exact) mass is 214 g/mol. The molecule has 0 aliphatic heterocycles. The Balaban J connectivity index is 2.56. The van der Waals surface area contributed by atoms with Crippen molar-refractivity contribution in [2.45, 2.75) is 52.5 Å². The molecule has 0 radical (unpaired) electrons. The molecule has 1 rings (SSSR count). The lowest BCUT2D eigenvalue weighted by Crippen LogP contribution is -2.50. The third-order valence-corrected chi connectivity index (χ3v) is 3.79. The first-order valence-electron chi connectivity index (χ1n) is 6.15. The Bertz CT molecular complexity index is 182. The molecule has 2 atom stereocenters. The van der Waals surface area contributed by atoms with Crippen LogP contribution in [0.15, 0.2) is 0 Å². The summed E-state index contributed by atoms with van der Waals surface area (Å²) in [6.07, 6.45) is 5.27. The van der Waals surface area contributed by atoms with Crippen molar-refractivity contribution in [3.8, 4) is 0 Å². The van der Waals surface area contributed by atoms with Gasteiger partial charge in [0.2, 0.25) is 0 Å². The van der Waals surface area contributed by atoms with E-state index >= 15 is 0 Å². The van der Waals surface area contributed by atoms with E-state index in [2.05, 4.69) is 19.3 Å². The number of hydrazine groups is 1. The van der Waals surface area contributed by atoms with E-state index in [1.165, 1.54) is 25.7 Å². The molecule has 0 bridgehead atoms. The SMILES string of the molecule is CCOCC(NN)C1CCCCC1(C)C. The van der Waals surface area contributed by atoms with Gasteiger partial charge in [-0.15, -0.1) is 0 Å². The molecule has 0 amide bonds. The van der Waals surface area contributed by atoms with Crippen LogP contribution in [-0.4, -0.2) is 19.3 Å². The summed E-state index contributed by atoms with van der Waals surface area (Å²) in [5.74, 6) is 6.28. The molecule has 15 heavy (non-hydrogen) atoms. The van der Waals surface area contributed by atoms with Crippen molar-refractivity contribution in [3.63, 3.8) is 0 Å². The summed E-state index contributed by atoms with van der Waals surface area (Å²) in [4.78, 5) is 0. The van der Waals surface area contributed by atoms with E-state index in [9.17, 15) is 0 Å². The molecule has 3 nitrogen and oxygen atoms in total. The van der Waals surface area contributed by atoms with E-state index in [0.29, 0.717) is 17.4 Å². The number of hydrogen-bond acceptors (Lipinski definition) is 3. The quantitative estimate of drug-likeness (QED) is 0.544. The standard InChI is InChI=1S/C12H26N2O/c1-4-15-9-11(14-13)10-7-5-6-8-12(10,2)3/h10-11,14H,4-9,13H2,1-3H3. The van der Waals surface area contributed by atoms with Gasteiger partial charge in [-0.1, -0.05) is 26.7 Å². The molecule has 0 heterocycles. The largest absolute Gasteiger partial charge is 0.380 e. The van der Waals surface area contributed by atoms with Crippen molar-refractivity contribution < 1.29 is 4.74 Å². The summed E-state index contributed by atoms with van der Waals surface area (Å²) in [5, 5.41) is 0. The van der Waals surface area contributed by atoms with Gasteiger partial charge in [0, 0.05) is 12.6 Å². The fraction of sp³-hybridized carbons (Fsp3) is 1.00. The first kappa shape index (κ1) is 12.9. The Labute approximate surface area is 93.7 Å². The Morgan fingerprint density at radius 2 is 2.20 bits per heavy atom. The number of nitrogens with two attached hydrogens (primary N) is 1. The molecule has 0 aromatic carbocycles. The average Bonchev–Trinajstić information content (AvgIpc) is 2.20. The maximum absolute atomic E-state index is 5.64. The first-order chi connectivity index (χ1) is 7.11. The van der Waals surface area contributed by atoms with Crippen LogP contribution in [-0.2, 0) is 4.74 Å². The molecule has 1 aliphatic carbocycles. The summed E-state index contributed by atoms with van der Waals surface area (Å²) in [6, 6.07) is 0.306. The van der Waals surface area contributed by atoms with Gasteiger partial charge >= 0.3 is 0 Å². The summed E-state index contributed by atoms with van der Waals surface area (Å²) in [7, 11) is 0. The molecule has 1 aliphatic rings. The van der Waals surface area contributed by atoms with Gasteiger partial charge in [0.25, 0.3) is 0 Å². The highest BCUT2D eigenvalue weighted by molar-refractivity contribution is 4.89. The molecule has 0 aromatic rings. The highest BCUT2D eigenvalue weighted by atomic mass is 16.5. The highest BCUT2D eigenvalue weighted by Crippen LogP contribution is 2.42. The van der Waals surface area contributed by atoms with Gasteiger partial charge in [-0.05, 0) is 31.1 Å². The molecule has 0 spiro atoms. The van der Waals surface area contributed by atoms with E-state index in [4.69, 9.17) is 10.6 Å². The second-order valence-corrected chi connectivity index (χ2v) is 5.27. The van der Waals surface area contributed by atoms with Crippen LogP contribution in [0.4, 0.5) is 0 Å². The zero-order valence-corrected chi connectivity index (χ0v) is 10.4. The van der Waals surface area contributed by atoms with Crippen LogP contribution < -0.4 is 11.3 Å². The summed E-state index contributed by atoms with van der Waals surface area (Å²) < 4.78 is 5.49. The molecular weight excluding hydrogens is 188 g/mol. The molecule has 90 valence electrons. The van der Waals surface area contributed by atoms with Gasteiger partial charge in [0.15, 0.2) is 0 Å². The zero-order chi connectivity index (χ0) is 11.3. The lowest BCUT2D eigenvalue weighted by molar-refractivity contribution is 0.0403. The van der Waals surface area contributed by atoms with Gasteiger partial charge < -0.3 is 4.74 Å². The minimum atomic E-state index is 0.306. The van der Waals surface area contributed by atoms with Crippen molar-refractivity contribution in [1.29, 1.82) is 0 Å². The topological polar surface area (TPSA) is 47.3 Å². The third kappa shape index (κ3) is 3.44. The van der Waals surface area contributed by atoms with Gasteiger partial charge in [0.1, 0.15) is 0 Å². The Kier molecular flexibility index (Phi) is 5.03. The Morgan fingerprint density at radius 3 is 2.73 bits per heavy atom. The van der Waals surface area contributed by atoms with Crippen LogP contribution in [0.3, 0.4) is 0 Å². The number of rotatable bonds is 5. The van der Waals surface area contributed by atoms with Crippen LogP contribution in [0.25, 0.3) is 0 Å². The molecular formula is C12H26N2O. The normalized spacial score (nSPS) is 27.6. The van der Waals surface area contributed by atoms with Crippen molar-refractivity contribution in [2.75, 3.05) is 13.2 Å². The molecule has 3 heteroatoms. The second kappa shape index (κ2) is 5.83. The number of hydrogen-bond donors (Lipinski definition) is 2. The minimum Gasteiger partial charge on any atom is -0.380 e. The van der Waals surface area contributed by atoms with Gasteiger partial charge in [-0.3, -0.25) is 11.3 Å². The van der Waals surface area contributed by atoms with Crippen LogP contribution in [0.5, 0.6) is 0 Å². The second-order valence-electron chi connectivity index (χ2n) is 5.27. The van der Waals surface area contributed by atoms with Crippen molar-refractivity contribution in [2.24, 2.45) is 17.2 Å². The number of ether oxygens (including phenoxy) is 1. The summed E-state index contributed by atoms with van der Waals surface area (Å²) in [6.45, 7) is 8.24. The molecule has 0 aromatic heterocycles. The molecule has 0 saturated heterocycles. The van der Waals surface area contributed by atoms with Crippen LogP contribution in [0.2, 0.25) is 0 Å². The van der Waals surface area contributed by atoms with E-state index < -0.39 is 0 Å². The lowest BCUT2D eigenvalue weighted by Gasteiger charge is -2.42. The summed E-state index contributed by atoms with van der Waals surface area (Å²) in [5.41, 5.74) is 3.33. The third-order valence-electron chi connectivity index (χ3n) is 3.79. The predicted octanol–water partition coefficient (Wildman–Crippen LogP) is 2.07. The van der Waals surface area contributed by atoms with Crippen LogP contribution in [0, 0.1) is 11.3 Å². The van der Waals surface area contributed by atoms with E-state index in [1.807, 2.05) is 6.92 Å². The van der Waals surface area contributed by atoms with Gasteiger partial charge in [-0.25, -0.2) is 0 Å². The molecule has 1 saturated carbocycles. The smallest absolute Gasteiger partial charge is 0.0635 e. The van der Waals surface area contributed by atoms with Gasteiger partial charge in [-0.2, -0.15) is 0 Å². The average molecular weight is 214 g/mol. The lowest BCUT2D eigenvalue weighted by atomic mass is 9.66. The van der Waals surface area contributed by atoms with E-state index in [1.54, 1.807) is 0 Å². The van der Waals surface area contributed by atoms with Crippen molar-refractivity contribution in [1.82, 2.24) is 5.43 Å². The molecule has 1 fully saturated rings. The van der Waals surface area contributed by atoms with Crippen molar-refractivity contribution >= 4 is 0 Å². The highest BCUT2D eigenvalue weighted by Gasteiger charge is 2.37. The molecule has 3 N–H and O–H groups in total. The van der Waals surface area contributed by atoms with E-state index in [0.717, 1.165) is 13.2 Å². The first-order valence-corrected chi connectivity index (χ1v) is 6.15.